The summed E-state index contributed by atoms with van der Waals surface area (Å²) in [5.41, 5.74) is 3.70. The largest absolute Gasteiger partial charge is 0.281 e. The van der Waals surface area contributed by atoms with Gasteiger partial charge in [0.2, 0.25) is 5.91 Å². The maximum absolute atomic E-state index is 12.8. The monoisotopic (exact) mass is 305 g/mol. The van der Waals surface area contributed by atoms with Crippen molar-refractivity contribution < 1.29 is 4.79 Å². The second kappa shape index (κ2) is 5.60. The van der Waals surface area contributed by atoms with Gasteiger partial charge in [0.05, 0.1) is 5.39 Å². The molecule has 1 N–H and O–H groups in total. The summed E-state index contributed by atoms with van der Waals surface area (Å²) in [7, 11) is 0. The number of hydrogen-bond donors (Lipinski definition) is 1. The Morgan fingerprint density at radius 2 is 2.10 bits per heavy atom. The minimum Gasteiger partial charge on any atom is -0.273 e. The van der Waals surface area contributed by atoms with Crippen molar-refractivity contribution in [3.05, 3.63) is 26.6 Å². The van der Waals surface area contributed by atoms with Crippen molar-refractivity contribution in [2.45, 2.75) is 52.4 Å². The van der Waals surface area contributed by atoms with Crippen LogP contribution in [0, 0.1) is 0 Å². The smallest absolute Gasteiger partial charge is 0.273 e. The van der Waals surface area contributed by atoms with E-state index in [4.69, 9.17) is 0 Å². The summed E-state index contributed by atoms with van der Waals surface area (Å²) in [4.78, 5) is 31.2. The van der Waals surface area contributed by atoms with Crippen LogP contribution in [0.1, 0.15) is 49.4 Å². The average molecular weight is 305 g/mol. The number of hydrogen-bond acceptors (Lipinski definition) is 4. The normalized spacial score (nSPS) is 14.2. The standard InChI is InChI=1S/C15H19N3O2S/c1-3-11-16-14-13(9-7-5-6-8-10(9)21-14)15(20)18(11)17-12(19)4-2/h3-8H2,1-2H3,(H,17,19). The lowest BCUT2D eigenvalue weighted by Crippen LogP contribution is -2.36. The number of thiophene rings is 1. The molecule has 0 radical (unpaired) electrons. The lowest BCUT2D eigenvalue weighted by Gasteiger charge is -2.13. The molecule has 6 heteroatoms. The third kappa shape index (κ3) is 2.37. The molecule has 2 heterocycles. The van der Waals surface area contributed by atoms with E-state index in [1.807, 2.05) is 6.92 Å². The molecule has 2 aromatic rings. The molecule has 0 unspecified atom stereocenters. The van der Waals surface area contributed by atoms with Gasteiger partial charge in [-0.2, -0.15) is 0 Å². The molecule has 0 saturated carbocycles. The van der Waals surface area contributed by atoms with E-state index in [0.717, 1.165) is 29.7 Å². The Hall–Kier alpha value is -1.69. The molecule has 0 bridgehead atoms. The first kappa shape index (κ1) is 14.3. The fraction of sp³-hybridized carbons (Fsp3) is 0.533. The molecule has 5 nitrogen and oxygen atoms in total. The summed E-state index contributed by atoms with van der Waals surface area (Å²) in [6.07, 6.45) is 5.24. The zero-order valence-electron chi connectivity index (χ0n) is 12.4. The fourth-order valence-corrected chi connectivity index (χ4v) is 4.07. The minimum atomic E-state index is -0.169. The quantitative estimate of drug-likeness (QED) is 0.947. The molecule has 21 heavy (non-hydrogen) atoms. The van der Waals surface area contributed by atoms with E-state index in [2.05, 4.69) is 10.4 Å². The molecule has 0 saturated heterocycles. The lowest BCUT2D eigenvalue weighted by atomic mass is 9.97. The third-order valence-corrected chi connectivity index (χ3v) is 5.12. The van der Waals surface area contributed by atoms with E-state index in [-0.39, 0.29) is 11.5 Å². The fourth-order valence-electron chi connectivity index (χ4n) is 2.80. The molecule has 112 valence electrons. The highest BCUT2D eigenvalue weighted by Gasteiger charge is 2.22. The Labute approximate surface area is 127 Å². The van der Waals surface area contributed by atoms with Gasteiger partial charge in [-0.3, -0.25) is 15.0 Å². The number of amides is 1. The zero-order valence-corrected chi connectivity index (χ0v) is 13.2. The zero-order chi connectivity index (χ0) is 15.0. The maximum Gasteiger partial charge on any atom is 0.281 e. The van der Waals surface area contributed by atoms with Crippen molar-refractivity contribution in [1.29, 1.82) is 0 Å². The number of fused-ring (bicyclic) bond motifs is 3. The predicted octanol–water partition coefficient (Wildman–Crippen LogP) is 2.38. The van der Waals surface area contributed by atoms with Gasteiger partial charge < -0.3 is 0 Å². The van der Waals surface area contributed by atoms with Crippen molar-refractivity contribution in [2.75, 3.05) is 5.43 Å². The van der Waals surface area contributed by atoms with Crippen molar-refractivity contribution >= 4 is 27.5 Å². The number of nitrogens with zero attached hydrogens (tertiary/aromatic N) is 2. The van der Waals surface area contributed by atoms with Gasteiger partial charge >= 0.3 is 0 Å². The van der Waals surface area contributed by atoms with Crippen LogP contribution in [-0.4, -0.2) is 15.6 Å². The molecule has 3 rings (SSSR count). The van der Waals surface area contributed by atoms with Crippen molar-refractivity contribution in [2.24, 2.45) is 0 Å². The molecule has 2 aromatic heterocycles. The van der Waals surface area contributed by atoms with Gasteiger partial charge in [-0.05, 0) is 31.2 Å². The van der Waals surface area contributed by atoms with E-state index in [0.29, 0.717) is 24.1 Å². The Morgan fingerprint density at radius 1 is 1.33 bits per heavy atom. The summed E-state index contributed by atoms with van der Waals surface area (Å²) in [5, 5.41) is 0.711. The molecule has 1 aliphatic rings. The molecule has 1 amide bonds. The van der Waals surface area contributed by atoms with Gasteiger partial charge in [0, 0.05) is 17.7 Å². The third-order valence-electron chi connectivity index (χ3n) is 3.93. The van der Waals surface area contributed by atoms with E-state index in [1.165, 1.54) is 16.0 Å². The maximum atomic E-state index is 12.8. The summed E-state index contributed by atoms with van der Waals surface area (Å²) >= 11 is 1.64. The van der Waals surface area contributed by atoms with Gasteiger partial charge in [0.1, 0.15) is 10.7 Å². The highest BCUT2D eigenvalue weighted by Crippen LogP contribution is 2.33. The van der Waals surface area contributed by atoms with Crippen LogP contribution in [0.5, 0.6) is 0 Å². The van der Waals surface area contributed by atoms with Gasteiger partial charge in [-0.25, -0.2) is 9.66 Å². The number of aromatic nitrogens is 2. The molecule has 0 aromatic carbocycles. The van der Waals surface area contributed by atoms with Crippen LogP contribution >= 0.6 is 11.3 Å². The Morgan fingerprint density at radius 3 is 2.81 bits per heavy atom. The van der Waals surface area contributed by atoms with Crippen molar-refractivity contribution in [3.63, 3.8) is 0 Å². The molecule has 0 fully saturated rings. The summed E-state index contributed by atoms with van der Waals surface area (Å²) in [5.74, 6) is 0.449. The second-order valence-electron chi connectivity index (χ2n) is 5.30. The van der Waals surface area contributed by atoms with Crippen LogP contribution in [0.25, 0.3) is 10.2 Å². The van der Waals surface area contributed by atoms with E-state index in [1.54, 1.807) is 18.3 Å². The SMILES string of the molecule is CCC(=O)Nn1c(CC)nc2sc3c(c2c1=O)CCCC3. The minimum absolute atomic E-state index is 0.127. The van der Waals surface area contributed by atoms with Gasteiger partial charge in [-0.1, -0.05) is 13.8 Å². The first-order chi connectivity index (χ1) is 10.2. The molecule has 1 aliphatic carbocycles. The van der Waals surface area contributed by atoms with Crippen LogP contribution in [0.4, 0.5) is 0 Å². The highest BCUT2D eigenvalue weighted by atomic mass is 32.1. The number of carbonyl (C=O) groups is 1. The van der Waals surface area contributed by atoms with Crippen molar-refractivity contribution in [3.8, 4) is 0 Å². The van der Waals surface area contributed by atoms with Crippen LogP contribution in [0.2, 0.25) is 0 Å². The number of carbonyl (C=O) groups excluding carboxylic acids is 1. The molecular formula is C15H19N3O2S. The first-order valence-electron chi connectivity index (χ1n) is 7.51. The molecular weight excluding hydrogens is 286 g/mol. The Kier molecular flexibility index (Phi) is 3.80. The van der Waals surface area contributed by atoms with Crippen LogP contribution in [0.15, 0.2) is 4.79 Å². The van der Waals surface area contributed by atoms with E-state index < -0.39 is 0 Å². The van der Waals surface area contributed by atoms with Crippen LogP contribution in [0.3, 0.4) is 0 Å². The lowest BCUT2D eigenvalue weighted by molar-refractivity contribution is -0.116. The number of rotatable bonds is 3. The van der Waals surface area contributed by atoms with Crippen LogP contribution in [-0.2, 0) is 24.1 Å². The first-order valence-corrected chi connectivity index (χ1v) is 8.33. The second-order valence-corrected chi connectivity index (χ2v) is 6.39. The van der Waals surface area contributed by atoms with Gasteiger partial charge in [0.15, 0.2) is 0 Å². The van der Waals surface area contributed by atoms with E-state index >= 15 is 0 Å². The predicted molar refractivity (Wildman–Crippen MR) is 84.6 cm³/mol. The Bertz CT molecular complexity index is 760. The average Bonchev–Trinajstić information content (AvgIpc) is 2.87. The number of aryl methyl sites for hydroxylation is 3. The molecule has 0 spiro atoms. The topological polar surface area (TPSA) is 64.0 Å². The summed E-state index contributed by atoms with van der Waals surface area (Å²) in [6, 6.07) is 0. The van der Waals surface area contributed by atoms with Crippen molar-refractivity contribution in [1.82, 2.24) is 9.66 Å². The molecule has 0 atom stereocenters. The van der Waals surface area contributed by atoms with Crippen LogP contribution < -0.4 is 11.0 Å². The Balaban J connectivity index is 2.24. The van der Waals surface area contributed by atoms with E-state index in [9.17, 15) is 9.59 Å². The highest BCUT2D eigenvalue weighted by molar-refractivity contribution is 7.18. The molecule has 0 aliphatic heterocycles. The summed E-state index contributed by atoms with van der Waals surface area (Å²) in [6.45, 7) is 3.71. The van der Waals surface area contributed by atoms with Gasteiger partial charge in [0.25, 0.3) is 5.56 Å². The summed E-state index contributed by atoms with van der Waals surface area (Å²) < 4.78 is 1.34. The van der Waals surface area contributed by atoms with Gasteiger partial charge in [-0.15, -0.1) is 11.3 Å². The number of nitrogens with one attached hydrogen (secondary N) is 1.